The van der Waals surface area contributed by atoms with Crippen LogP contribution in [0.5, 0.6) is 0 Å². The summed E-state index contributed by atoms with van der Waals surface area (Å²) in [6, 6.07) is 0. The molecule has 0 bridgehead atoms. The molecule has 18 heteroatoms. The molecular formula is C16H39NO12P4Pt-2. The van der Waals surface area contributed by atoms with Gasteiger partial charge in [-0.05, 0) is 40.5 Å². The maximum atomic E-state index is 11.6. The van der Waals surface area contributed by atoms with Gasteiger partial charge < -0.3 is 62.1 Å². The molecule has 0 aliphatic rings. The Morgan fingerprint density at radius 3 is 0.824 bits per heavy atom. The van der Waals surface area contributed by atoms with E-state index in [2.05, 4.69) is 18.1 Å². The predicted molar refractivity (Wildman–Crippen MR) is 119 cm³/mol. The standard InChI is InChI=1S/2C8H20O6P2.H3N.Pt/c2*1-4-7-8(15(9,10)13-5-2)16(11,12)14-6-3;;/h2*8H,4-7H2,1-3H3,(H,9,10)(H,11,12);1H3;/q;;;+2/p-4. The topological polar surface area (TPSA) is 232 Å². The van der Waals surface area contributed by atoms with Gasteiger partial charge in [0.25, 0.3) is 0 Å². The molecule has 0 rings (SSSR count). The number of hydrogen-bond acceptors (Lipinski definition) is 13. The Morgan fingerprint density at radius 1 is 0.529 bits per heavy atom. The molecule has 0 aromatic carbocycles. The first-order valence-corrected chi connectivity index (χ1v) is 16.9. The van der Waals surface area contributed by atoms with Gasteiger partial charge in [-0.3, -0.25) is 0 Å². The molecule has 3 N–H and O–H groups in total. The van der Waals surface area contributed by atoms with Crippen LogP contribution in [0, 0.1) is 0 Å². The van der Waals surface area contributed by atoms with E-state index in [-0.39, 0.29) is 66.5 Å². The van der Waals surface area contributed by atoms with E-state index in [0.29, 0.717) is 12.8 Å². The molecule has 0 saturated heterocycles. The van der Waals surface area contributed by atoms with Crippen molar-refractivity contribution >= 4 is 30.4 Å². The summed E-state index contributed by atoms with van der Waals surface area (Å²) in [5.41, 5.74) is 0. The first-order chi connectivity index (χ1) is 14.6. The predicted octanol–water partition coefficient (Wildman–Crippen LogP) is 2.74. The molecule has 34 heavy (non-hydrogen) atoms. The van der Waals surface area contributed by atoms with Gasteiger partial charge in [0.2, 0.25) is 0 Å². The second-order valence-electron chi connectivity index (χ2n) is 6.37. The molecule has 0 aromatic heterocycles. The van der Waals surface area contributed by atoms with E-state index in [9.17, 15) is 37.8 Å². The van der Waals surface area contributed by atoms with Gasteiger partial charge in [0.1, 0.15) is 30.4 Å². The Morgan fingerprint density at radius 2 is 0.706 bits per heavy atom. The quantitative estimate of drug-likeness (QED) is 0.224. The van der Waals surface area contributed by atoms with Crippen LogP contribution in [0.15, 0.2) is 0 Å². The summed E-state index contributed by atoms with van der Waals surface area (Å²) in [6.07, 6.45) is 0.815. The summed E-state index contributed by atoms with van der Waals surface area (Å²) < 4.78 is 64.5. The van der Waals surface area contributed by atoms with Crippen LogP contribution in [0.4, 0.5) is 0 Å². The summed E-state index contributed by atoms with van der Waals surface area (Å²) in [5.74, 6) is 0. The van der Waals surface area contributed by atoms with Crippen molar-refractivity contribution in [1.29, 1.82) is 0 Å². The van der Waals surface area contributed by atoms with Crippen molar-refractivity contribution in [3.05, 3.63) is 0 Å². The van der Waals surface area contributed by atoms with E-state index < -0.39 is 41.2 Å². The zero-order valence-electron chi connectivity index (χ0n) is 20.5. The van der Waals surface area contributed by atoms with Crippen LogP contribution in [0.3, 0.4) is 0 Å². The van der Waals surface area contributed by atoms with Crippen molar-refractivity contribution < 1.29 is 77.0 Å². The average Bonchev–Trinajstić information content (AvgIpc) is 2.64. The van der Waals surface area contributed by atoms with Crippen LogP contribution < -0.4 is 25.7 Å². The van der Waals surface area contributed by atoms with Crippen LogP contribution >= 0.6 is 30.4 Å². The molecule has 0 saturated carbocycles. The van der Waals surface area contributed by atoms with E-state index in [1.165, 1.54) is 27.7 Å². The van der Waals surface area contributed by atoms with Crippen LogP contribution in [-0.2, 0) is 57.4 Å². The van der Waals surface area contributed by atoms with Crippen LogP contribution in [0.25, 0.3) is 0 Å². The zero-order chi connectivity index (χ0) is 25.6. The molecule has 13 nitrogen and oxygen atoms in total. The third-order valence-corrected chi connectivity index (χ3v) is 13.6. The van der Waals surface area contributed by atoms with Crippen molar-refractivity contribution in [3.8, 4) is 0 Å². The molecular weight excluding hydrogens is 717 g/mol. The SMILES string of the molecule is CCCC(P(=O)([O-])OCC)P(=O)([O-])OCC.CCCC(P(=O)([O-])OCC)P(=O)([O-])OCC.N.[Pt+2]. The van der Waals surface area contributed by atoms with Gasteiger partial charge in [-0.15, -0.1) is 0 Å². The molecule has 0 aromatic rings. The maximum Gasteiger partial charge on any atom is 2.00 e. The molecule has 0 fully saturated rings. The minimum atomic E-state index is -4.42. The average molecular weight is 756 g/mol. The van der Waals surface area contributed by atoms with Gasteiger partial charge >= 0.3 is 21.1 Å². The van der Waals surface area contributed by atoms with E-state index >= 15 is 0 Å². The van der Waals surface area contributed by atoms with Gasteiger partial charge in [0.05, 0.1) is 37.2 Å². The second kappa shape index (κ2) is 20.2. The Bertz CT molecular complexity index is 603. The Hall–Kier alpha value is 1.25. The summed E-state index contributed by atoms with van der Waals surface area (Å²) in [4.78, 5) is 46.4. The fourth-order valence-electron chi connectivity index (χ4n) is 2.56. The first kappa shape index (κ1) is 42.3. The fourth-order valence-corrected chi connectivity index (χ4v) is 10.6. The smallest absolute Gasteiger partial charge is 0.778 e. The minimum Gasteiger partial charge on any atom is -0.778 e. The number of rotatable bonds is 16. The van der Waals surface area contributed by atoms with Gasteiger partial charge in [-0.2, -0.15) is 0 Å². The first-order valence-electron chi connectivity index (χ1n) is 10.4. The van der Waals surface area contributed by atoms with Gasteiger partial charge in [0.15, 0.2) is 0 Å². The van der Waals surface area contributed by atoms with E-state index in [1.54, 1.807) is 13.8 Å². The van der Waals surface area contributed by atoms with Crippen molar-refractivity contribution in [1.82, 2.24) is 6.15 Å². The summed E-state index contributed by atoms with van der Waals surface area (Å²) in [5, 5.41) is -3.16. The fraction of sp³-hybridized carbons (Fsp3) is 1.00. The Balaban J connectivity index is -0.000000250. The van der Waals surface area contributed by atoms with Crippen molar-refractivity contribution in [2.75, 3.05) is 26.4 Å². The molecule has 4 unspecified atom stereocenters. The van der Waals surface area contributed by atoms with E-state index in [0.717, 1.165) is 0 Å². The van der Waals surface area contributed by atoms with E-state index in [1.807, 2.05) is 0 Å². The molecule has 0 spiro atoms. The third-order valence-electron chi connectivity index (χ3n) is 3.79. The van der Waals surface area contributed by atoms with Gasteiger partial charge in [-0.1, -0.05) is 26.7 Å². The third kappa shape index (κ3) is 15.5. The Labute approximate surface area is 217 Å². The molecule has 0 aliphatic heterocycles. The van der Waals surface area contributed by atoms with Crippen molar-refractivity contribution in [3.63, 3.8) is 0 Å². The van der Waals surface area contributed by atoms with Crippen molar-refractivity contribution in [2.24, 2.45) is 0 Å². The minimum absolute atomic E-state index is 0. The molecule has 0 amide bonds. The molecule has 0 radical (unpaired) electrons. The van der Waals surface area contributed by atoms with Gasteiger partial charge in [-0.25, -0.2) is 0 Å². The molecule has 0 aliphatic carbocycles. The maximum absolute atomic E-state index is 11.6. The van der Waals surface area contributed by atoms with Crippen LogP contribution in [-0.4, -0.2) is 37.2 Å². The summed E-state index contributed by atoms with van der Waals surface area (Å²) >= 11 is 0. The summed E-state index contributed by atoms with van der Waals surface area (Å²) in [6.45, 7) is 9.05. The molecule has 4 atom stereocenters. The molecule has 0 heterocycles. The zero-order valence-corrected chi connectivity index (χ0v) is 26.4. The van der Waals surface area contributed by atoms with Crippen LogP contribution in [0.2, 0.25) is 0 Å². The summed E-state index contributed by atoms with van der Waals surface area (Å²) in [7, 11) is -17.7. The molecule has 212 valence electrons. The van der Waals surface area contributed by atoms with Crippen molar-refractivity contribution in [2.45, 2.75) is 78.0 Å². The van der Waals surface area contributed by atoms with Crippen LogP contribution in [0.1, 0.15) is 67.2 Å². The van der Waals surface area contributed by atoms with E-state index in [4.69, 9.17) is 0 Å². The second-order valence-corrected chi connectivity index (χ2v) is 15.0. The number of hydrogen-bond donors (Lipinski definition) is 1. The Kier molecular flexibility index (Phi) is 25.2. The van der Waals surface area contributed by atoms with Gasteiger partial charge in [0, 0.05) is 0 Å². The normalized spacial score (nSPS) is 19.8. The largest absolute Gasteiger partial charge is 2.00 e. The monoisotopic (exact) mass is 756 g/mol.